The molecule has 0 heterocycles. The fourth-order valence-corrected chi connectivity index (χ4v) is 2.15. The molecular weight excluding hydrogens is 140 g/mol. The summed E-state index contributed by atoms with van der Waals surface area (Å²) in [6.45, 7) is 10.1. The summed E-state index contributed by atoms with van der Waals surface area (Å²) in [5, 5.41) is 0. The minimum Gasteiger partial charge on any atom is -0.300 e. The Kier molecular flexibility index (Phi) is 3.57. The first-order valence-corrected chi connectivity index (χ1v) is 7.29. The third kappa shape index (κ3) is 5.76. The standard InChI is InChI=1S/C8H16OSi/c1-5-6-8(9)7-10(2,3)4/h5H,1,6-7H2,2-4H3. The Morgan fingerprint density at radius 3 is 2.30 bits per heavy atom. The Balaban J connectivity index is 3.68. The summed E-state index contributed by atoms with van der Waals surface area (Å²) in [7, 11) is -1.15. The van der Waals surface area contributed by atoms with Crippen molar-refractivity contribution in [2.24, 2.45) is 0 Å². The summed E-state index contributed by atoms with van der Waals surface area (Å²) in [6, 6.07) is 0.791. The van der Waals surface area contributed by atoms with E-state index < -0.39 is 8.07 Å². The second-order valence-corrected chi connectivity index (χ2v) is 9.24. The lowest BCUT2D eigenvalue weighted by Gasteiger charge is -2.12. The van der Waals surface area contributed by atoms with E-state index in [0.29, 0.717) is 12.2 Å². The van der Waals surface area contributed by atoms with E-state index in [4.69, 9.17) is 0 Å². The van der Waals surface area contributed by atoms with Crippen molar-refractivity contribution in [2.75, 3.05) is 0 Å². The summed E-state index contributed by atoms with van der Waals surface area (Å²) in [5.41, 5.74) is 0. The normalized spacial score (nSPS) is 11.1. The molecule has 0 aliphatic heterocycles. The molecule has 0 N–H and O–H groups in total. The second-order valence-electron chi connectivity index (χ2n) is 3.77. The van der Waals surface area contributed by atoms with Gasteiger partial charge in [-0.05, 0) is 0 Å². The van der Waals surface area contributed by atoms with Gasteiger partial charge in [-0.3, -0.25) is 4.79 Å². The molecule has 2 heteroatoms. The summed E-state index contributed by atoms with van der Waals surface area (Å²) >= 11 is 0. The average Bonchev–Trinajstić information content (AvgIpc) is 1.59. The zero-order valence-corrected chi connectivity index (χ0v) is 8.11. The van der Waals surface area contributed by atoms with Crippen LogP contribution >= 0.6 is 0 Å². The largest absolute Gasteiger partial charge is 0.300 e. The monoisotopic (exact) mass is 156 g/mol. The van der Waals surface area contributed by atoms with Crippen LogP contribution in [0.3, 0.4) is 0 Å². The van der Waals surface area contributed by atoms with Crippen LogP contribution in [0.5, 0.6) is 0 Å². The van der Waals surface area contributed by atoms with E-state index in [1.807, 2.05) is 0 Å². The van der Waals surface area contributed by atoms with Crippen molar-refractivity contribution in [3.8, 4) is 0 Å². The van der Waals surface area contributed by atoms with Crippen LogP contribution in [0.2, 0.25) is 25.7 Å². The van der Waals surface area contributed by atoms with Gasteiger partial charge in [0.05, 0.1) is 8.07 Å². The molecule has 10 heavy (non-hydrogen) atoms. The van der Waals surface area contributed by atoms with Crippen molar-refractivity contribution in [1.29, 1.82) is 0 Å². The maximum Gasteiger partial charge on any atom is 0.134 e. The number of hydrogen-bond acceptors (Lipinski definition) is 1. The second kappa shape index (κ2) is 3.71. The van der Waals surface area contributed by atoms with Crippen LogP contribution in [0.1, 0.15) is 6.42 Å². The van der Waals surface area contributed by atoms with Gasteiger partial charge < -0.3 is 0 Å². The minimum absolute atomic E-state index is 0.342. The topological polar surface area (TPSA) is 17.1 Å². The maximum absolute atomic E-state index is 11.0. The van der Waals surface area contributed by atoms with Crippen LogP contribution in [0.15, 0.2) is 12.7 Å². The van der Waals surface area contributed by atoms with E-state index in [-0.39, 0.29) is 0 Å². The highest BCUT2D eigenvalue weighted by atomic mass is 28.3. The van der Waals surface area contributed by atoms with Crippen molar-refractivity contribution in [1.82, 2.24) is 0 Å². The van der Waals surface area contributed by atoms with Crippen LogP contribution in [0.4, 0.5) is 0 Å². The van der Waals surface area contributed by atoms with Crippen LogP contribution < -0.4 is 0 Å². The van der Waals surface area contributed by atoms with Crippen molar-refractivity contribution in [2.45, 2.75) is 32.1 Å². The Morgan fingerprint density at radius 2 is 2.00 bits per heavy atom. The molecule has 1 nitrogen and oxygen atoms in total. The zero-order chi connectivity index (χ0) is 8.20. The molecule has 58 valence electrons. The van der Waals surface area contributed by atoms with Crippen molar-refractivity contribution in [3.05, 3.63) is 12.7 Å². The lowest BCUT2D eigenvalue weighted by Crippen LogP contribution is -2.23. The predicted molar refractivity (Wildman–Crippen MR) is 48.0 cm³/mol. The molecule has 0 atom stereocenters. The van der Waals surface area contributed by atoms with Crippen molar-refractivity contribution in [3.63, 3.8) is 0 Å². The number of carbonyl (C=O) groups is 1. The van der Waals surface area contributed by atoms with Gasteiger partial charge in [0.2, 0.25) is 0 Å². The van der Waals surface area contributed by atoms with Gasteiger partial charge >= 0.3 is 0 Å². The number of carbonyl (C=O) groups excluding carboxylic acids is 1. The summed E-state index contributed by atoms with van der Waals surface area (Å²) in [4.78, 5) is 11.0. The highest BCUT2D eigenvalue weighted by Gasteiger charge is 2.16. The quantitative estimate of drug-likeness (QED) is 0.451. The average molecular weight is 156 g/mol. The number of hydrogen-bond donors (Lipinski definition) is 0. The molecule has 0 aromatic heterocycles. The number of allylic oxidation sites excluding steroid dienone is 1. The van der Waals surface area contributed by atoms with E-state index in [1.165, 1.54) is 0 Å². The minimum atomic E-state index is -1.15. The zero-order valence-electron chi connectivity index (χ0n) is 7.11. The highest BCUT2D eigenvalue weighted by molar-refractivity contribution is 6.78. The Hall–Kier alpha value is -0.373. The van der Waals surface area contributed by atoms with Crippen molar-refractivity contribution < 1.29 is 4.79 Å². The molecule has 0 unspecified atom stereocenters. The third-order valence-corrected chi connectivity index (χ3v) is 2.55. The molecule has 0 aromatic carbocycles. The fraction of sp³-hybridized carbons (Fsp3) is 0.625. The molecule has 0 aliphatic carbocycles. The molecule has 0 saturated carbocycles. The van der Waals surface area contributed by atoms with Crippen LogP contribution in [-0.2, 0) is 4.79 Å². The predicted octanol–water partition coefficient (Wildman–Crippen LogP) is 2.47. The molecule has 0 aromatic rings. The van der Waals surface area contributed by atoms with Gasteiger partial charge in [0, 0.05) is 12.5 Å². The van der Waals surface area contributed by atoms with Gasteiger partial charge in [-0.25, -0.2) is 0 Å². The Morgan fingerprint density at radius 1 is 1.50 bits per heavy atom. The third-order valence-electron chi connectivity index (χ3n) is 1.10. The summed E-state index contributed by atoms with van der Waals surface area (Å²) in [6.07, 6.45) is 2.23. The Bertz CT molecular complexity index is 133. The van der Waals surface area contributed by atoms with Crippen LogP contribution in [-0.4, -0.2) is 13.9 Å². The van der Waals surface area contributed by atoms with E-state index in [1.54, 1.807) is 6.08 Å². The number of ketones is 1. The number of rotatable bonds is 4. The number of Topliss-reactive ketones (excluding diaryl/α,β-unsaturated/α-hetero) is 1. The molecule has 0 saturated heterocycles. The molecular formula is C8H16OSi. The van der Waals surface area contributed by atoms with Gasteiger partial charge in [-0.1, -0.05) is 25.7 Å². The maximum atomic E-state index is 11.0. The molecule has 0 radical (unpaired) electrons. The van der Waals surface area contributed by atoms with Crippen molar-refractivity contribution >= 4 is 13.9 Å². The van der Waals surface area contributed by atoms with Gasteiger partial charge in [0.1, 0.15) is 5.78 Å². The van der Waals surface area contributed by atoms with Crippen LogP contribution in [0, 0.1) is 0 Å². The van der Waals surface area contributed by atoms with Gasteiger partial charge in [0.15, 0.2) is 0 Å². The molecule has 0 rings (SSSR count). The van der Waals surface area contributed by atoms with E-state index in [2.05, 4.69) is 26.2 Å². The molecule has 0 fully saturated rings. The molecule has 0 amide bonds. The Labute approximate surface area is 64.1 Å². The molecule has 0 spiro atoms. The summed E-state index contributed by atoms with van der Waals surface area (Å²) in [5.74, 6) is 0.342. The fourth-order valence-electron chi connectivity index (χ4n) is 0.825. The lowest BCUT2D eigenvalue weighted by atomic mass is 10.3. The van der Waals surface area contributed by atoms with E-state index in [9.17, 15) is 4.79 Å². The smallest absolute Gasteiger partial charge is 0.134 e. The first-order valence-electron chi connectivity index (χ1n) is 3.58. The lowest BCUT2D eigenvalue weighted by molar-refractivity contribution is -0.116. The van der Waals surface area contributed by atoms with Crippen LogP contribution in [0.25, 0.3) is 0 Å². The van der Waals surface area contributed by atoms with Gasteiger partial charge in [0.25, 0.3) is 0 Å². The first-order chi connectivity index (χ1) is 4.45. The van der Waals surface area contributed by atoms with E-state index in [0.717, 1.165) is 6.04 Å². The molecule has 0 bridgehead atoms. The molecule has 0 aliphatic rings. The van der Waals surface area contributed by atoms with Gasteiger partial charge in [-0.2, -0.15) is 0 Å². The highest BCUT2D eigenvalue weighted by Crippen LogP contribution is 2.09. The van der Waals surface area contributed by atoms with Gasteiger partial charge in [-0.15, -0.1) is 6.58 Å². The van der Waals surface area contributed by atoms with E-state index >= 15 is 0 Å². The first kappa shape index (κ1) is 9.63. The summed E-state index contributed by atoms with van der Waals surface area (Å²) < 4.78 is 0. The SMILES string of the molecule is C=CCC(=O)C[Si](C)(C)C.